The average molecular weight is 325 g/mol. The predicted molar refractivity (Wildman–Crippen MR) is 92.5 cm³/mol. The Morgan fingerprint density at radius 2 is 1.92 bits per heavy atom. The number of hydrogen-bond donors (Lipinski definition) is 0. The van der Waals surface area contributed by atoms with Crippen LogP contribution in [-0.4, -0.2) is 45.0 Å². The Bertz CT molecular complexity index is 842. The normalized spacial score (nSPS) is 17.2. The van der Waals surface area contributed by atoms with Crippen LogP contribution in [0.25, 0.3) is 16.9 Å². The minimum atomic E-state index is 0.344. The lowest BCUT2D eigenvalue weighted by Crippen LogP contribution is -2.29. The number of nitrogens with zero attached hydrogens (tertiary/aromatic N) is 5. The zero-order valence-electron chi connectivity index (χ0n) is 14.4. The molecule has 0 unspecified atom stereocenters. The lowest BCUT2D eigenvalue weighted by molar-refractivity contribution is 0.227. The van der Waals surface area contributed by atoms with Gasteiger partial charge in [0.1, 0.15) is 0 Å². The van der Waals surface area contributed by atoms with Crippen molar-refractivity contribution in [2.24, 2.45) is 0 Å². The molecule has 2 aromatic heterocycles. The van der Waals surface area contributed by atoms with Crippen molar-refractivity contribution in [3.8, 4) is 5.95 Å². The van der Waals surface area contributed by atoms with Crippen molar-refractivity contribution in [3.05, 3.63) is 35.9 Å². The topological polar surface area (TPSA) is 60.0 Å². The van der Waals surface area contributed by atoms with Gasteiger partial charge in [0.15, 0.2) is 0 Å². The molecule has 0 spiro atoms. The molecule has 0 amide bonds. The monoisotopic (exact) mass is 325 g/mol. The van der Waals surface area contributed by atoms with Crippen molar-refractivity contribution < 1.29 is 4.52 Å². The third kappa shape index (κ3) is 2.60. The van der Waals surface area contributed by atoms with E-state index in [0.29, 0.717) is 17.8 Å². The van der Waals surface area contributed by atoms with Gasteiger partial charge in [0.2, 0.25) is 5.89 Å². The number of piperidine rings is 1. The van der Waals surface area contributed by atoms with Gasteiger partial charge in [-0.05, 0) is 50.1 Å². The molecular formula is C18H23N5O. The van der Waals surface area contributed by atoms with Crippen molar-refractivity contribution in [2.45, 2.75) is 38.5 Å². The first-order valence-electron chi connectivity index (χ1n) is 8.63. The summed E-state index contributed by atoms with van der Waals surface area (Å²) >= 11 is 0. The zero-order valence-corrected chi connectivity index (χ0v) is 14.4. The fourth-order valence-corrected chi connectivity index (χ4v) is 3.40. The molecule has 0 aliphatic carbocycles. The van der Waals surface area contributed by atoms with E-state index in [-0.39, 0.29) is 0 Å². The molecule has 0 saturated carbocycles. The van der Waals surface area contributed by atoms with Crippen LogP contribution in [0.3, 0.4) is 0 Å². The van der Waals surface area contributed by atoms with Crippen LogP contribution in [-0.2, 0) is 0 Å². The Hall–Kier alpha value is -2.21. The Morgan fingerprint density at radius 3 is 2.67 bits per heavy atom. The van der Waals surface area contributed by atoms with E-state index < -0.39 is 0 Å². The van der Waals surface area contributed by atoms with Crippen LogP contribution in [0.1, 0.15) is 50.1 Å². The Balaban J connectivity index is 1.71. The van der Waals surface area contributed by atoms with Crippen LogP contribution < -0.4 is 0 Å². The molecule has 1 aliphatic rings. The highest BCUT2D eigenvalue weighted by atomic mass is 16.5. The van der Waals surface area contributed by atoms with E-state index in [0.717, 1.165) is 48.4 Å². The lowest BCUT2D eigenvalue weighted by atomic mass is 9.97. The summed E-state index contributed by atoms with van der Waals surface area (Å²) in [5, 5.41) is 10.1. The van der Waals surface area contributed by atoms with Crippen molar-refractivity contribution >= 4 is 10.9 Å². The minimum absolute atomic E-state index is 0.344. The number of aromatic nitrogens is 4. The molecule has 0 radical (unpaired) electrons. The molecule has 0 bridgehead atoms. The van der Waals surface area contributed by atoms with Gasteiger partial charge in [-0.2, -0.15) is 14.8 Å². The highest BCUT2D eigenvalue weighted by Crippen LogP contribution is 2.29. The van der Waals surface area contributed by atoms with E-state index in [1.54, 1.807) is 0 Å². The van der Waals surface area contributed by atoms with Crippen molar-refractivity contribution in [2.75, 3.05) is 20.1 Å². The molecule has 3 aromatic rings. The maximum atomic E-state index is 5.57. The Labute approximate surface area is 141 Å². The molecule has 1 aliphatic heterocycles. The Kier molecular flexibility index (Phi) is 3.84. The number of fused-ring (bicyclic) bond motifs is 1. The Morgan fingerprint density at radius 1 is 1.17 bits per heavy atom. The summed E-state index contributed by atoms with van der Waals surface area (Å²) in [6.07, 6.45) is 2.13. The molecule has 6 nitrogen and oxygen atoms in total. The van der Waals surface area contributed by atoms with E-state index in [9.17, 15) is 0 Å². The van der Waals surface area contributed by atoms with Gasteiger partial charge >= 0.3 is 0 Å². The van der Waals surface area contributed by atoms with Crippen LogP contribution in [0.4, 0.5) is 0 Å². The molecule has 0 N–H and O–H groups in total. The highest BCUT2D eigenvalue weighted by molar-refractivity contribution is 5.83. The van der Waals surface area contributed by atoms with Gasteiger partial charge in [-0.3, -0.25) is 0 Å². The van der Waals surface area contributed by atoms with Crippen LogP contribution in [0.5, 0.6) is 0 Å². The molecule has 3 heterocycles. The van der Waals surface area contributed by atoms with Crippen LogP contribution in [0.2, 0.25) is 0 Å². The summed E-state index contributed by atoms with van der Waals surface area (Å²) in [5.74, 6) is 1.97. The standard InChI is InChI=1S/C18H23N5O/c1-12(2)16-14-6-4-5-7-15(14)23(20-16)18-19-17(24-21-18)13-8-10-22(3)11-9-13/h4-7,12-13H,8-11H2,1-3H3. The summed E-state index contributed by atoms with van der Waals surface area (Å²) in [7, 11) is 2.15. The molecule has 1 fully saturated rings. The summed E-state index contributed by atoms with van der Waals surface area (Å²) in [6.45, 7) is 6.45. The zero-order chi connectivity index (χ0) is 16.7. The van der Waals surface area contributed by atoms with Crippen molar-refractivity contribution in [3.63, 3.8) is 0 Å². The van der Waals surface area contributed by atoms with E-state index in [2.05, 4.69) is 48.1 Å². The number of benzene rings is 1. The molecule has 4 rings (SSSR count). The van der Waals surface area contributed by atoms with Crippen LogP contribution in [0, 0.1) is 0 Å². The summed E-state index contributed by atoms with van der Waals surface area (Å²) < 4.78 is 7.38. The van der Waals surface area contributed by atoms with Gasteiger partial charge in [0, 0.05) is 11.3 Å². The third-order valence-electron chi connectivity index (χ3n) is 4.85. The first-order chi connectivity index (χ1) is 11.6. The van der Waals surface area contributed by atoms with Crippen molar-refractivity contribution in [1.29, 1.82) is 0 Å². The largest absolute Gasteiger partial charge is 0.337 e. The summed E-state index contributed by atoms with van der Waals surface area (Å²) in [5.41, 5.74) is 2.09. The SMILES string of the molecule is CC(C)c1nn(-c2noc(C3CCN(C)CC3)n2)c2ccccc12. The average Bonchev–Trinajstić information content (AvgIpc) is 3.20. The summed E-state index contributed by atoms with van der Waals surface area (Å²) in [4.78, 5) is 6.99. The van der Waals surface area contributed by atoms with E-state index in [4.69, 9.17) is 9.62 Å². The quantitative estimate of drug-likeness (QED) is 0.739. The first-order valence-corrected chi connectivity index (χ1v) is 8.63. The summed E-state index contributed by atoms with van der Waals surface area (Å²) in [6, 6.07) is 8.22. The second-order valence-corrected chi connectivity index (χ2v) is 6.98. The molecule has 24 heavy (non-hydrogen) atoms. The molecule has 0 atom stereocenters. The van der Waals surface area contributed by atoms with Gasteiger partial charge in [-0.15, -0.1) is 0 Å². The first kappa shape index (κ1) is 15.3. The predicted octanol–water partition coefficient (Wildman–Crippen LogP) is 3.34. The molecule has 1 saturated heterocycles. The second-order valence-electron chi connectivity index (χ2n) is 6.98. The maximum Gasteiger partial charge on any atom is 0.291 e. The van der Waals surface area contributed by atoms with E-state index in [1.807, 2.05) is 16.8 Å². The van der Waals surface area contributed by atoms with Gasteiger partial charge in [-0.25, -0.2) is 0 Å². The molecule has 126 valence electrons. The van der Waals surface area contributed by atoms with Gasteiger partial charge in [-0.1, -0.05) is 32.0 Å². The van der Waals surface area contributed by atoms with Gasteiger partial charge in [0.05, 0.1) is 11.2 Å². The molecular weight excluding hydrogens is 302 g/mol. The van der Waals surface area contributed by atoms with E-state index in [1.165, 1.54) is 0 Å². The van der Waals surface area contributed by atoms with E-state index >= 15 is 0 Å². The fourth-order valence-electron chi connectivity index (χ4n) is 3.40. The number of likely N-dealkylation sites (tertiary alicyclic amines) is 1. The second kappa shape index (κ2) is 6.02. The number of para-hydroxylation sites is 1. The van der Waals surface area contributed by atoms with Crippen molar-refractivity contribution in [1.82, 2.24) is 24.8 Å². The van der Waals surface area contributed by atoms with Crippen LogP contribution >= 0.6 is 0 Å². The molecule has 1 aromatic carbocycles. The lowest BCUT2D eigenvalue weighted by Gasteiger charge is -2.26. The third-order valence-corrected chi connectivity index (χ3v) is 4.85. The number of rotatable bonds is 3. The van der Waals surface area contributed by atoms with Gasteiger partial charge in [0.25, 0.3) is 5.95 Å². The molecule has 6 heteroatoms. The minimum Gasteiger partial charge on any atom is -0.337 e. The number of hydrogen-bond acceptors (Lipinski definition) is 5. The fraction of sp³-hybridized carbons (Fsp3) is 0.500. The highest BCUT2D eigenvalue weighted by Gasteiger charge is 2.25. The van der Waals surface area contributed by atoms with Crippen LogP contribution in [0.15, 0.2) is 28.8 Å². The maximum absolute atomic E-state index is 5.57. The van der Waals surface area contributed by atoms with Gasteiger partial charge < -0.3 is 9.42 Å². The smallest absolute Gasteiger partial charge is 0.291 e.